The van der Waals surface area contributed by atoms with Crippen molar-refractivity contribution in [2.45, 2.75) is 32.6 Å². The van der Waals surface area contributed by atoms with Crippen LogP contribution in [-0.2, 0) is 5.88 Å². The zero-order chi connectivity index (χ0) is 13.1. The molecule has 100 valence electrons. The molecule has 1 saturated heterocycles. The van der Waals surface area contributed by atoms with Crippen LogP contribution in [0.4, 0.5) is 5.69 Å². The van der Waals surface area contributed by atoms with Gasteiger partial charge in [-0.3, -0.25) is 0 Å². The summed E-state index contributed by atoms with van der Waals surface area (Å²) in [6.07, 6.45) is 2.56. The quantitative estimate of drug-likeness (QED) is 0.710. The van der Waals surface area contributed by atoms with Crippen LogP contribution in [0.3, 0.4) is 0 Å². The summed E-state index contributed by atoms with van der Waals surface area (Å²) in [6.45, 7) is 6.92. The first-order valence-corrected chi connectivity index (χ1v) is 7.62. The van der Waals surface area contributed by atoms with Gasteiger partial charge in [0, 0.05) is 29.7 Å². The van der Waals surface area contributed by atoms with Crippen molar-refractivity contribution in [3.63, 3.8) is 0 Å². The van der Waals surface area contributed by atoms with Crippen LogP contribution in [-0.4, -0.2) is 13.1 Å². The number of benzene rings is 1. The Balaban J connectivity index is 2.09. The van der Waals surface area contributed by atoms with Gasteiger partial charge in [-0.05, 0) is 48.4 Å². The summed E-state index contributed by atoms with van der Waals surface area (Å²) in [7, 11) is 0. The molecule has 0 amide bonds. The van der Waals surface area contributed by atoms with Crippen molar-refractivity contribution < 1.29 is 0 Å². The molecule has 0 N–H and O–H groups in total. The minimum absolute atomic E-state index is 0.528. The van der Waals surface area contributed by atoms with E-state index in [2.05, 4.69) is 24.8 Å². The zero-order valence-corrected chi connectivity index (χ0v) is 12.6. The van der Waals surface area contributed by atoms with Crippen molar-refractivity contribution in [2.24, 2.45) is 11.8 Å². The Kier molecular flexibility index (Phi) is 4.80. The Hall–Kier alpha value is -0.400. The van der Waals surface area contributed by atoms with E-state index >= 15 is 0 Å². The van der Waals surface area contributed by atoms with Crippen molar-refractivity contribution in [3.05, 3.63) is 28.8 Å². The van der Waals surface area contributed by atoms with E-state index in [0.29, 0.717) is 5.88 Å². The number of rotatable bonds is 3. The van der Waals surface area contributed by atoms with Gasteiger partial charge in [0.25, 0.3) is 0 Å². The highest BCUT2D eigenvalue weighted by Crippen LogP contribution is 2.31. The highest BCUT2D eigenvalue weighted by atomic mass is 35.5. The van der Waals surface area contributed by atoms with Crippen molar-refractivity contribution in [1.29, 1.82) is 0 Å². The van der Waals surface area contributed by atoms with Gasteiger partial charge in [-0.25, -0.2) is 0 Å². The molecule has 1 aliphatic rings. The summed E-state index contributed by atoms with van der Waals surface area (Å²) >= 11 is 12.0. The van der Waals surface area contributed by atoms with Gasteiger partial charge in [-0.1, -0.05) is 25.4 Å². The second kappa shape index (κ2) is 6.16. The number of piperidine rings is 1. The molecule has 0 bridgehead atoms. The van der Waals surface area contributed by atoms with Gasteiger partial charge in [0.05, 0.1) is 0 Å². The average Bonchev–Trinajstić information content (AvgIpc) is 2.38. The summed E-state index contributed by atoms with van der Waals surface area (Å²) in [5.41, 5.74) is 2.41. The standard InChI is InChI=1S/C15H21Cl2N/c1-11(2)12-5-7-18(8-6-12)15-4-3-14(17)9-13(15)10-16/h3-4,9,11-12H,5-8,10H2,1-2H3. The van der Waals surface area contributed by atoms with Crippen LogP contribution in [0.1, 0.15) is 32.3 Å². The van der Waals surface area contributed by atoms with E-state index in [1.807, 2.05) is 12.1 Å². The average molecular weight is 286 g/mol. The molecule has 0 saturated carbocycles. The maximum Gasteiger partial charge on any atom is 0.0495 e. The van der Waals surface area contributed by atoms with Gasteiger partial charge in [-0.15, -0.1) is 11.6 Å². The molecule has 18 heavy (non-hydrogen) atoms. The third-order valence-electron chi connectivity index (χ3n) is 4.01. The van der Waals surface area contributed by atoms with Gasteiger partial charge in [0.1, 0.15) is 0 Å². The first-order chi connectivity index (χ1) is 8.61. The molecule has 1 heterocycles. The molecule has 0 radical (unpaired) electrons. The Morgan fingerprint density at radius 3 is 2.50 bits per heavy atom. The predicted octanol–water partition coefficient (Wildman–Crippen LogP) is 4.95. The number of nitrogens with zero attached hydrogens (tertiary/aromatic N) is 1. The molecule has 1 nitrogen and oxygen atoms in total. The van der Waals surface area contributed by atoms with Gasteiger partial charge in [0.2, 0.25) is 0 Å². The lowest BCUT2D eigenvalue weighted by molar-refractivity contribution is 0.311. The largest absolute Gasteiger partial charge is 0.371 e. The lowest BCUT2D eigenvalue weighted by Gasteiger charge is -2.36. The Labute approximate surface area is 120 Å². The summed E-state index contributed by atoms with van der Waals surface area (Å²) in [5, 5.41) is 0.770. The van der Waals surface area contributed by atoms with Crippen molar-refractivity contribution in [2.75, 3.05) is 18.0 Å². The minimum atomic E-state index is 0.528. The topological polar surface area (TPSA) is 3.24 Å². The third-order valence-corrected chi connectivity index (χ3v) is 4.53. The van der Waals surface area contributed by atoms with Crippen LogP contribution in [0.15, 0.2) is 18.2 Å². The predicted molar refractivity (Wildman–Crippen MR) is 80.8 cm³/mol. The van der Waals surface area contributed by atoms with E-state index in [1.54, 1.807) is 0 Å². The molecule has 1 aromatic carbocycles. The summed E-state index contributed by atoms with van der Waals surface area (Å²) in [4.78, 5) is 2.45. The summed E-state index contributed by atoms with van der Waals surface area (Å²) in [6, 6.07) is 6.05. The van der Waals surface area contributed by atoms with E-state index in [9.17, 15) is 0 Å². The Morgan fingerprint density at radius 1 is 1.28 bits per heavy atom. The van der Waals surface area contributed by atoms with Gasteiger partial charge in [-0.2, -0.15) is 0 Å². The molecular weight excluding hydrogens is 265 g/mol. The number of hydrogen-bond donors (Lipinski definition) is 0. The maximum absolute atomic E-state index is 6.02. The fourth-order valence-corrected chi connectivity index (χ4v) is 3.19. The van der Waals surface area contributed by atoms with Gasteiger partial charge < -0.3 is 4.90 Å². The first kappa shape index (κ1) is 14.0. The number of alkyl halides is 1. The van der Waals surface area contributed by atoms with Crippen molar-refractivity contribution >= 4 is 28.9 Å². The minimum Gasteiger partial charge on any atom is -0.371 e. The Morgan fingerprint density at radius 2 is 1.94 bits per heavy atom. The molecule has 3 heteroatoms. The molecule has 0 spiro atoms. The molecule has 1 aliphatic heterocycles. The summed E-state index contributed by atoms with van der Waals surface area (Å²) < 4.78 is 0. The molecule has 2 rings (SSSR count). The van der Waals surface area contributed by atoms with E-state index in [-0.39, 0.29) is 0 Å². The molecule has 1 aromatic rings. The zero-order valence-electron chi connectivity index (χ0n) is 11.1. The van der Waals surface area contributed by atoms with Crippen LogP contribution in [0.5, 0.6) is 0 Å². The lowest BCUT2D eigenvalue weighted by Crippen LogP contribution is -2.35. The fourth-order valence-electron chi connectivity index (χ4n) is 2.78. The highest BCUT2D eigenvalue weighted by molar-refractivity contribution is 6.30. The van der Waals surface area contributed by atoms with Crippen LogP contribution in [0.2, 0.25) is 5.02 Å². The number of anilines is 1. The monoisotopic (exact) mass is 285 g/mol. The molecule has 0 aliphatic carbocycles. The lowest BCUT2D eigenvalue weighted by atomic mass is 9.86. The highest BCUT2D eigenvalue weighted by Gasteiger charge is 2.22. The fraction of sp³-hybridized carbons (Fsp3) is 0.600. The number of halogens is 2. The van der Waals surface area contributed by atoms with E-state index in [4.69, 9.17) is 23.2 Å². The second-order valence-electron chi connectivity index (χ2n) is 5.48. The molecular formula is C15H21Cl2N. The number of hydrogen-bond acceptors (Lipinski definition) is 1. The van der Waals surface area contributed by atoms with Crippen LogP contribution in [0.25, 0.3) is 0 Å². The van der Waals surface area contributed by atoms with Gasteiger partial charge >= 0.3 is 0 Å². The van der Waals surface area contributed by atoms with Crippen LogP contribution >= 0.6 is 23.2 Å². The van der Waals surface area contributed by atoms with Gasteiger partial charge in [0.15, 0.2) is 0 Å². The molecule has 1 fully saturated rings. The molecule has 0 aromatic heterocycles. The molecule has 0 unspecified atom stereocenters. The SMILES string of the molecule is CC(C)C1CCN(c2ccc(Cl)cc2CCl)CC1. The summed E-state index contributed by atoms with van der Waals surface area (Å²) in [5.74, 6) is 2.19. The van der Waals surface area contributed by atoms with Crippen molar-refractivity contribution in [1.82, 2.24) is 0 Å². The van der Waals surface area contributed by atoms with E-state index in [0.717, 1.165) is 35.5 Å². The normalized spacial score (nSPS) is 17.5. The second-order valence-corrected chi connectivity index (χ2v) is 6.18. The maximum atomic E-state index is 6.02. The van der Waals surface area contributed by atoms with Crippen molar-refractivity contribution in [3.8, 4) is 0 Å². The first-order valence-electron chi connectivity index (χ1n) is 6.71. The third kappa shape index (κ3) is 3.13. The Bertz CT molecular complexity index is 395. The van der Waals surface area contributed by atoms with Crippen LogP contribution < -0.4 is 4.90 Å². The van der Waals surface area contributed by atoms with E-state index < -0.39 is 0 Å². The molecule has 0 atom stereocenters. The van der Waals surface area contributed by atoms with E-state index in [1.165, 1.54) is 18.5 Å². The van der Waals surface area contributed by atoms with Crippen LogP contribution in [0, 0.1) is 11.8 Å². The smallest absolute Gasteiger partial charge is 0.0495 e.